The van der Waals surface area contributed by atoms with Crippen LogP contribution in [0.3, 0.4) is 0 Å². The van der Waals surface area contributed by atoms with E-state index in [9.17, 15) is 0 Å². The molecule has 3 aromatic rings. The SMILES string of the molecule is CC1=C(c2cnc3ccc(Nc4cccnc4)cn23)NC(/N=C/C23C[C@]4(C)CC5CC24[C@](C)(C5)C3)N=C1. The van der Waals surface area contributed by atoms with Crippen molar-refractivity contribution in [3.05, 3.63) is 60.3 Å². The lowest BCUT2D eigenvalue weighted by Crippen LogP contribution is -2.77. The smallest absolute Gasteiger partial charge is 0.213 e. The monoisotopic (exact) mass is 491 g/mol. The van der Waals surface area contributed by atoms with Crippen LogP contribution in [0.2, 0.25) is 0 Å². The molecule has 4 fully saturated rings. The molecule has 2 bridgehead atoms. The average Bonchev–Trinajstić information content (AvgIpc) is 3.49. The van der Waals surface area contributed by atoms with Gasteiger partial charge in [-0.25, -0.2) is 9.98 Å². The first-order valence-electron chi connectivity index (χ1n) is 13.5. The molecule has 7 heteroatoms. The minimum Gasteiger partial charge on any atom is -0.353 e. The maximum atomic E-state index is 5.08. The van der Waals surface area contributed by atoms with Gasteiger partial charge in [-0.2, -0.15) is 0 Å². The van der Waals surface area contributed by atoms with Gasteiger partial charge in [0.05, 0.1) is 35.2 Å². The zero-order valence-electron chi connectivity index (χ0n) is 21.7. The van der Waals surface area contributed by atoms with E-state index in [4.69, 9.17) is 9.98 Å². The van der Waals surface area contributed by atoms with Crippen molar-refractivity contribution in [2.45, 2.75) is 59.2 Å². The molecule has 2 N–H and O–H groups in total. The second-order valence-electron chi connectivity index (χ2n) is 12.8. The third-order valence-electron chi connectivity index (χ3n) is 10.6. The van der Waals surface area contributed by atoms with Crippen molar-refractivity contribution in [3.63, 3.8) is 0 Å². The quantitative estimate of drug-likeness (QED) is 0.440. The Morgan fingerprint density at radius 2 is 1.92 bits per heavy atom. The lowest BCUT2D eigenvalue weighted by molar-refractivity contribution is -0.316. The Hall–Kier alpha value is -3.48. The molecule has 4 saturated carbocycles. The summed E-state index contributed by atoms with van der Waals surface area (Å²) in [5.41, 5.74) is 7.75. The van der Waals surface area contributed by atoms with E-state index < -0.39 is 0 Å². The summed E-state index contributed by atoms with van der Waals surface area (Å²) < 4.78 is 2.12. The number of aliphatic imine (C=N–C) groups is 2. The van der Waals surface area contributed by atoms with Crippen molar-refractivity contribution >= 4 is 35.1 Å². The molecular formula is C30H33N7. The topological polar surface area (TPSA) is 79.0 Å². The molecule has 188 valence electrons. The van der Waals surface area contributed by atoms with Crippen LogP contribution in [0.15, 0.2) is 64.6 Å². The van der Waals surface area contributed by atoms with Gasteiger partial charge in [0.1, 0.15) is 5.65 Å². The van der Waals surface area contributed by atoms with Gasteiger partial charge in [-0.15, -0.1) is 0 Å². The number of hydrogen-bond donors (Lipinski definition) is 2. The van der Waals surface area contributed by atoms with Gasteiger partial charge >= 0.3 is 0 Å². The summed E-state index contributed by atoms with van der Waals surface area (Å²) >= 11 is 0. The second kappa shape index (κ2) is 6.88. The van der Waals surface area contributed by atoms with E-state index in [1.54, 1.807) is 6.20 Å². The summed E-state index contributed by atoms with van der Waals surface area (Å²) in [7, 11) is 0. The van der Waals surface area contributed by atoms with Crippen molar-refractivity contribution in [3.8, 4) is 0 Å². The molecule has 0 aromatic carbocycles. The van der Waals surface area contributed by atoms with E-state index in [0.717, 1.165) is 39.9 Å². The van der Waals surface area contributed by atoms with Crippen LogP contribution in [-0.4, -0.2) is 33.1 Å². The highest BCUT2D eigenvalue weighted by Gasteiger charge is 2.89. The summed E-state index contributed by atoms with van der Waals surface area (Å²) in [6, 6.07) is 8.00. The summed E-state index contributed by atoms with van der Waals surface area (Å²) in [6.07, 6.45) is 18.4. The van der Waals surface area contributed by atoms with E-state index in [1.165, 1.54) is 32.1 Å². The fourth-order valence-electron chi connectivity index (χ4n) is 10.0. The zero-order chi connectivity index (χ0) is 25.0. The number of anilines is 2. The molecule has 6 atom stereocenters. The van der Waals surface area contributed by atoms with Crippen LogP contribution in [0.4, 0.5) is 11.4 Å². The number of pyridine rings is 2. The summed E-state index contributed by atoms with van der Waals surface area (Å²) in [5.74, 6) is 0.934. The Labute approximate surface area is 217 Å². The highest BCUT2D eigenvalue weighted by atomic mass is 15.2. The maximum absolute atomic E-state index is 5.08. The van der Waals surface area contributed by atoms with E-state index in [2.05, 4.69) is 58.2 Å². The van der Waals surface area contributed by atoms with Gasteiger partial charge in [-0.05, 0) is 91.0 Å². The highest BCUT2D eigenvalue weighted by molar-refractivity contribution is 5.91. The molecule has 4 unspecified atom stereocenters. The first-order chi connectivity index (χ1) is 17.8. The Morgan fingerprint density at radius 1 is 1.08 bits per heavy atom. The van der Waals surface area contributed by atoms with Crippen LogP contribution in [-0.2, 0) is 0 Å². The maximum Gasteiger partial charge on any atom is 0.213 e. The van der Waals surface area contributed by atoms with Gasteiger partial charge < -0.3 is 10.6 Å². The Morgan fingerprint density at radius 3 is 2.68 bits per heavy atom. The largest absolute Gasteiger partial charge is 0.353 e. The zero-order valence-corrected chi connectivity index (χ0v) is 21.7. The molecule has 8 rings (SSSR count). The van der Waals surface area contributed by atoms with Gasteiger partial charge in [0.25, 0.3) is 0 Å². The van der Waals surface area contributed by atoms with Crippen LogP contribution in [0.25, 0.3) is 11.3 Å². The minimum absolute atomic E-state index is 0.283. The summed E-state index contributed by atoms with van der Waals surface area (Å²) in [6.45, 7) is 7.20. The van der Waals surface area contributed by atoms with Crippen LogP contribution >= 0.6 is 0 Å². The minimum atomic E-state index is -0.302. The normalized spacial score (nSPS) is 39.0. The number of hydrogen-bond acceptors (Lipinski definition) is 6. The molecule has 4 heterocycles. The van der Waals surface area contributed by atoms with Crippen LogP contribution in [0.5, 0.6) is 0 Å². The van der Waals surface area contributed by atoms with Crippen molar-refractivity contribution in [1.82, 2.24) is 19.7 Å². The Bertz CT molecular complexity index is 1510. The van der Waals surface area contributed by atoms with Gasteiger partial charge in [-0.1, -0.05) is 13.8 Å². The third kappa shape index (κ3) is 2.62. The first kappa shape index (κ1) is 21.6. The van der Waals surface area contributed by atoms with Crippen LogP contribution in [0, 0.1) is 27.6 Å². The number of nitrogens with zero attached hydrogens (tertiary/aromatic N) is 5. The average molecular weight is 492 g/mol. The Balaban J connectivity index is 1.06. The predicted molar refractivity (Wildman–Crippen MR) is 147 cm³/mol. The molecule has 37 heavy (non-hydrogen) atoms. The second-order valence-corrected chi connectivity index (χ2v) is 12.8. The fourth-order valence-corrected chi connectivity index (χ4v) is 10.0. The molecule has 1 aliphatic heterocycles. The van der Waals surface area contributed by atoms with Crippen molar-refractivity contribution < 1.29 is 0 Å². The number of rotatable bonds is 5. The molecule has 0 amide bonds. The molecule has 5 aliphatic rings. The number of aromatic nitrogens is 3. The van der Waals surface area contributed by atoms with Crippen LogP contribution in [0.1, 0.15) is 58.6 Å². The van der Waals surface area contributed by atoms with Crippen molar-refractivity contribution in [2.24, 2.45) is 37.6 Å². The number of allylic oxidation sites excluding steroid dienone is 1. The van der Waals surface area contributed by atoms with Crippen molar-refractivity contribution in [1.29, 1.82) is 0 Å². The summed E-state index contributed by atoms with van der Waals surface area (Å²) in [4.78, 5) is 18.7. The highest BCUT2D eigenvalue weighted by Crippen LogP contribution is 2.95. The molecule has 7 nitrogen and oxygen atoms in total. The van der Waals surface area contributed by atoms with Crippen LogP contribution < -0.4 is 10.6 Å². The lowest BCUT2D eigenvalue weighted by atomic mass is 9.21. The predicted octanol–water partition coefficient (Wildman–Crippen LogP) is 5.84. The third-order valence-corrected chi connectivity index (χ3v) is 10.6. The number of imidazole rings is 1. The van der Waals surface area contributed by atoms with Crippen molar-refractivity contribution in [2.75, 3.05) is 5.32 Å². The van der Waals surface area contributed by atoms with Gasteiger partial charge in [0, 0.05) is 30.2 Å². The summed E-state index contributed by atoms with van der Waals surface area (Å²) in [5, 5.41) is 7.05. The molecule has 3 aromatic heterocycles. The van der Waals surface area contributed by atoms with E-state index in [-0.39, 0.29) is 11.7 Å². The first-order valence-corrected chi connectivity index (χ1v) is 13.5. The molecule has 1 spiro atoms. The molecule has 0 radical (unpaired) electrons. The molecule has 0 saturated heterocycles. The van der Waals surface area contributed by atoms with Gasteiger partial charge in [0.2, 0.25) is 6.29 Å². The lowest BCUT2D eigenvalue weighted by Gasteiger charge is -2.82. The van der Waals surface area contributed by atoms with E-state index in [0.29, 0.717) is 16.2 Å². The molecular weight excluding hydrogens is 458 g/mol. The van der Waals surface area contributed by atoms with E-state index >= 15 is 0 Å². The fraction of sp³-hybridized carbons (Fsp3) is 0.467. The standard InChI is InChI=1S/C30H33N7/c1-19-12-33-26(34-18-29-16-27(2)9-20-10-28(3,17-29)30(27,29)11-20)36-25(19)23-14-32-24-7-6-22(15-37(23)24)35-21-5-4-8-31-13-21/h4-8,12-15,18,20,26,35-36H,9-11,16-17H2,1-3H3/b34-18+/t20?,26?,27-,28+,29?,30?. The molecule has 4 aliphatic carbocycles. The Kier molecular flexibility index (Phi) is 4.02. The van der Waals surface area contributed by atoms with Gasteiger partial charge in [-0.3, -0.25) is 14.4 Å². The number of nitrogens with one attached hydrogen (secondary N) is 2. The van der Waals surface area contributed by atoms with E-state index in [1.807, 2.05) is 42.9 Å². The number of fused-ring (bicyclic) bond motifs is 2. The van der Waals surface area contributed by atoms with Gasteiger partial charge in [0.15, 0.2) is 0 Å².